The Balaban J connectivity index is 1.82. The van der Waals surface area contributed by atoms with Gasteiger partial charge in [0, 0.05) is 25.6 Å². The Labute approximate surface area is 134 Å². The molecule has 2 heterocycles. The van der Waals surface area contributed by atoms with Gasteiger partial charge in [0.1, 0.15) is 18.0 Å². The lowest BCUT2D eigenvalue weighted by atomic mass is 10.1. The van der Waals surface area contributed by atoms with Crippen LogP contribution in [0.4, 0.5) is 8.78 Å². The minimum Gasteiger partial charge on any atom is -0.297 e. The van der Waals surface area contributed by atoms with Crippen LogP contribution in [0.2, 0.25) is 0 Å². The summed E-state index contributed by atoms with van der Waals surface area (Å²) in [6.07, 6.45) is 1.17. The van der Waals surface area contributed by atoms with Gasteiger partial charge in [0.15, 0.2) is 16.9 Å². The molecule has 0 fully saturated rings. The second-order valence-electron chi connectivity index (χ2n) is 5.12. The van der Waals surface area contributed by atoms with Crippen LogP contribution in [0.1, 0.15) is 23.7 Å². The summed E-state index contributed by atoms with van der Waals surface area (Å²) in [6, 6.07) is 2.75. The number of carbonyl (C=O) groups is 1. The predicted octanol–water partition coefficient (Wildman–Crippen LogP) is 1.56. The Morgan fingerprint density at radius 1 is 1.29 bits per heavy atom. The zero-order chi connectivity index (χ0) is 17.3. The van der Waals surface area contributed by atoms with E-state index in [0.29, 0.717) is 18.3 Å². The summed E-state index contributed by atoms with van der Waals surface area (Å²) in [5, 5.41) is 7.61. The standard InChI is InChI=1S/C15H13F2N5O2/c1-2-22-14-13(19-20-22)15(24)21(8-18-14)6-5-12(23)10-4-3-9(16)7-11(10)17/h3-4,7-8H,2,5-6H2,1H3. The number of carbonyl (C=O) groups excluding carboxylic acids is 1. The Hall–Kier alpha value is -2.97. The molecule has 124 valence electrons. The van der Waals surface area contributed by atoms with Crippen molar-refractivity contribution in [3.8, 4) is 0 Å². The molecule has 0 bridgehead atoms. The van der Waals surface area contributed by atoms with E-state index in [9.17, 15) is 18.4 Å². The van der Waals surface area contributed by atoms with Crippen molar-refractivity contribution in [2.45, 2.75) is 26.4 Å². The molecular formula is C15H13F2N5O2. The van der Waals surface area contributed by atoms with Crippen LogP contribution in [0.3, 0.4) is 0 Å². The average molecular weight is 333 g/mol. The highest BCUT2D eigenvalue weighted by molar-refractivity contribution is 5.96. The molecule has 1 aromatic carbocycles. The van der Waals surface area contributed by atoms with E-state index in [1.54, 1.807) is 0 Å². The highest BCUT2D eigenvalue weighted by Gasteiger charge is 2.15. The van der Waals surface area contributed by atoms with Crippen molar-refractivity contribution < 1.29 is 13.6 Å². The van der Waals surface area contributed by atoms with Gasteiger partial charge in [-0.05, 0) is 19.1 Å². The third kappa shape index (κ3) is 2.80. The number of nitrogens with zero attached hydrogens (tertiary/aromatic N) is 5. The molecule has 0 saturated carbocycles. The van der Waals surface area contributed by atoms with E-state index in [4.69, 9.17) is 0 Å². The van der Waals surface area contributed by atoms with Crippen molar-refractivity contribution in [1.82, 2.24) is 24.5 Å². The Morgan fingerprint density at radius 2 is 2.08 bits per heavy atom. The number of aromatic nitrogens is 5. The summed E-state index contributed by atoms with van der Waals surface area (Å²) in [7, 11) is 0. The van der Waals surface area contributed by atoms with Gasteiger partial charge in [-0.15, -0.1) is 5.10 Å². The second-order valence-corrected chi connectivity index (χ2v) is 5.12. The van der Waals surface area contributed by atoms with E-state index in [1.807, 2.05) is 6.92 Å². The molecule has 0 atom stereocenters. The largest absolute Gasteiger partial charge is 0.297 e. The number of halogens is 2. The van der Waals surface area contributed by atoms with Crippen molar-refractivity contribution in [1.29, 1.82) is 0 Å². The van der Waals surface area contributed by atoms with Gasteiger partial charge in [0.2, 0.25) is 0 Å². The smallest absolute Gasteiger partial charge is 0.283 e. The molecule has 0 N–H and O–H groups in total. The van der Waals surface area contributed by atoms with Crippen LogP contribution >= 0.6 is 0 Å². The molecule has 0 unspecified atom stereocenters. The van der Waals surface area contributed by atoms with E-state index in [-0.39, 0.29) is 24.0 Å². The zero-order valence-electron chi connectivity index (χ0n) is 12.7. The van der Waals surface area contributed by atoms with Gasteiger partial charge in [-0.2, -0.15) is 0 Å². The van der Waals surface area contributed by atoms with Gasteiger partial charge >= 0.3 is 0 Å². The van der Waals surface area contributed by atoms with Crippen molar-refractivity contribution >= 4 is 16.9 Å². The summed E-state index contributed by atoms with van der Waals surface area (Å²) >= 11 is 0. The highest BCUT2D eigenvalue weighted by atomic mass is 19.1. The molecule has 0 amide bonds. The number of rotatable bonds is 5. The quantitative estimate of drug-likeness (QED) is 0.662. The van der Waals surface area contributed by atoms with Crippen molar-refractivity contribution in [3.63, 3.8) is 0 Å². The van der Waals surface area contributed by atoms with Crippen LogP contribution in [0.15, 0.2) is 29.3 Å². The van der Waals surface area contributed by atoms with E-state index >= 15 is 0 Å². The van der Waals surface area contributed by atoms with E-state index in [2.05, 4.69) is 15.3 Å². The summed E-state index contributed by atoms with van der Waals surface area (Å²) in [5.41, 5.74) is -0.156. The maximum atomic E-state index is 13.6. The van der Waals surface area contributed by atoms with E-state index in [0.717, 1.165) is 12.1 Å². The van der Waals surface area contributed by atoms with Crippen molar-refractivity contribution in [2.24, 2.45) is 0 Å². The first-order valence-electron chi connectivity index (χ1n) is 7.28. The molecule has 9 heteroatoms. The predicted molar refractivity (Wildman–Crippen MR) is 80.6 cm³/mol. The molecule has 0 aliphatic carbocycles. The summed E-state index contributed by atoms with van der Waals surface area (Å²) < 4.78 is 29.2. The molecule has 0 spiro atoms. The van der Waals surface area contributed by atoms with Crippen LogP contribution in [0.5, 0.6) is 0 Å². The number of benzene rings is 1. The minimum atomic E-state index is -0.924. The van der Waals surface area contributed by atoms with Gasteiger partial charge in [0.25, 0.3) is 5.56 Å². The Morgan fingerprint density at radius 3 is 2.79 bits per heavy atom. The normalized spacial score (nSPS) is 11.1. The minimum absolute atomic E-state index is 0.0103. The second kappa shape index (κ2) is 6.26. The number of aryl methyl sites for hydroxylation is 2. The van der Waals surface area contributed by atoms with Crippen molar-refractivity contribution in [3.05, 3.63) is 52.1 Å². The molecule has 0 saturated heterocycles. The average Bonchev–Trinajstić information content (AvgIpc) is 2.98. The Kier molecular flexibility index (Phi) is 4.15. The third-order valence-electron chi connectivity index (χ3n) is 3.60. The fourth-order valence-electron chi connectivity index (χ4n) is 2.33. The van der Waals surface area contributed by atoms with Crippen LogP contribution in [-0.4, -0.2) is 30.3 Å². The van der Waals surface area contributed by atoms with Gasteiger partial charge in [-0.1, -0.05) is 5.21 Å². The molecule has 3 aromatic rings. The fraction of sp³-hybridized carbons (Fsp3) is 0.267. The highest BCUT2D eigenvalue weighted by Crippen LogP contribution is 2.12. The Bertz CT molecular complexity index is 980. The zero-order valence-corrected chi connectivity index (χ0v) is 12.7. The summed E-state index contributed by atoms with van der Waals surface area (Å²) in [4.78, 5) is 28.5. The van der Waals surface area contributed by atoms with Crippen LogP contribution in [0.25, 0.3) is 11.2 Å². The van der Waals surface area contributed by atoms with E-state index in [1.165, 1.54) is 15.6 Å². The third-order valence-corrected chi connectivity index (χ3v) is 3.60. The van der Waals surface area contributed by atoms with Crippen LogP contribution in [0, 0.1) is 11.6 Å². The van der Waals surface area contributed by atoms with Crippen LogP contribution < -0.4 is 5.56 Å². The molecule has 0 aliphatic heterocycles. The SMILES string of the molecule is CCn1nnc2c(=O)n(CCC(=O)c3ccc(F)cc3F)cnc21. The molecule has 0 aliphatic rings. The molecule has 2 aromatic heterocycles. The molecule has 7 nitrogen and oxygen atoms in total. The first-order chi connectivity index (χ1) is 11.5. The maximum absolute atomic E-state index is 13.6. The molecular weight excluding hydrogens is 320 g/mol. The summed E-state index contributed by atoms with van der Waals surface area (Å²) in [5.74, 6) is -2.21. The first kappa shape index (κ1) is 15.9. The maximum Gasteiger partial charge on any atom is 0.283 e. The first-order valence-corrected chi connectivity index (χ1v) is 7.28. The summed E-state index contributed by atoms with van der Waals surface area (Å²) in [6.45, 7) is 2.38. The number of ketones is 1. The topological polar surface area (TPSA) is 82.7 Å². The molecule has 0 radical (unpaired) electrons. The van der Waals surface area contributed by atoms with Gasteiger partial charge in [-0.3, -0.25) is 14.2 Å². The fourth-order valence-corrected chi connectivity index (χ4v) is 2.33. The number of fused-ring (bicyclic) bond motifs is 1. The lowest BCUT2D eigenvalue weighted by Gasteiger charge is -2.05. The van der Waals surface area contributed by atoms with Crippen molar-refractivity contribution in [2.75, 3.05) is 0 Å². The number of hydrogen-bond acceptors (Lipinski definition) is 5. The molecule has 24 heavy (non-hydrogen) atoms. The van der Waals surface area contributed by atoms with Gasteiger partial charge < -0.3 is 0 Å². The molecule has 3 rings (SSSR count). The number of hydrogen-bond donors (Lipinski definition) is 0. The van der Waals surface area contributed by atoms with Gasteiger partial charge in [0.05, 0.1) is 5.56 Å². The van der Waals surface area contributed by atoms with E-state index < -0.39 is 23.0 Å². The number of Topliss-reactive ketones (excluding diaryl/α,β-unsaturated/α-hetero) is 1. The lowest BCUT2D eigenvalue weighted by Crippen LogP contribution is -2.22. The monoisotopic (exact) mass is 333 g/mol. The lowest BCUT2D eigenvalue weighted by molar-refractivity contribution is 0.0972. The van der Waals surface area contributed by atoms with Crippen LogP contribution in [-0.2, 0) is 13.1 Å². The van der Waals surface area contributed by atoms with Gasteiger partial charge in [-0.25, -0.2) is 18.4 Å².